The van der Waals surface area contributed by atoms with Crippen molar-refractivity contribution in [2.45, 2.75) is 32.6 Å². The molecule has 2 N–H and O–H groups in total. The zero-order valence-corrected chi connectivity index (χ0v) is 11.3. The molecule has 1 heterocycles. The van der Waals surface area contributed by atoms with Crippen molar-refractivity contribution in [3.05, 3.63) is 47.8 Å². The van der Waals surface area contributed by atoms with E-state index in [2.05, 4.69) is 53.6 Å². The molecule has 1 aromatic carbocycles. The van der Waals surface area contributed by atoms with E-state index in [1.807, 2.05) is 0 Å². The van der Waals surface area contributed by atoms with E-state index in [-0.39, 0.29) is 5.91 Å². The second-order valence-corrected chi connectivity index (χ2v) is 4.93. The summed E-state index contributed by atoms with van der Waals surface area (Å²) in [5.74, 6) is 0.549. The highest BCUT2D eigenvalue weighted by atomic mass is 16.1. The average molecular weight is 257 g/mol. The maximum atomic E-state index is 11.7. The first-order chi connectivity index (χ1) is 9.15. The summed E-state index contributed by atoms with van der Waals surface area (Å²) in [6.07, 6.45) is 4.49. The molecular weight excluding hydrogens is 238 g/mol. The zero-order chi connectivity index (χ0) is 13.7. The van der Waals surface area contributed by atoms with Crippen molar-refractivity contribution >= 4 is 11.6 Å². The van der Waals surface area contributed by atoms with E-state index < -0.39 is 0 Å². The van der Waals surface area contributed by atoms with E-state index in [0.717, 1.165) is 6.42 Å². The van der Waals surface area contributed by atoms with E-state index in [1.165, 1.54) is 11.1 Å². The Morgan fingerprint density at radius 1 is 1.32 bits per heavy atom. The number of hydrogen-bond donors (Lipinski definition) is 2. The second kappa shape index (κ2) is 6.18. The lowest BCUT2D eigenvalue weighted by Gasteiger charge is -2.07. The number of amides is 1. The third-order valence-corrected chi connectivity index (χ3v) is 3.07. The van der Waals surface area contributed by atoms with Crippen LogP contribution in [-0.4, -0.2) is 16.1 Å². The summed E-state index contributed by atoms with van der Waals surface area (Å²) in [6.45, 7) is 4.35. The lowest BCUT2D eigenvalue weighted by Crippen LogP contribution is -2.11. The molecule has 2 aromatic rings. The minimum Gasteiger partial charge on any atom is -0.323 e. The number of H-pyrrole nitrogens is 1. The number of carbonyl (C=O) groups is 1. The minimum atomic E-state index is 0.00864. The molecule has 4 heteroatoms. The highest BCUT2D eigenvalue weighted by Gasteiger charge is 2.04. The van der Waals surface area contributed by atoms with Gasteiger partial charge >= 0.3 is 0 Å². The van der Waals surface area contributed by atoms with E-state index in [0.29, 0.717) is 18.0 Å². The van der Waals surface area contributed by atoms with E-state index in [4.69, 9.17) is 0 Å². The normalized spacial score (nSPS) is 10.7. The molecule has 0 saturated carbocycles. The SMILES string of the molecule is CC(C)c1ccc(CCC(=O)Nc2cn[nH]c2)cc1. The zero-order valence-electron chi connectivity index (χ0n) is 11.3. The smallest absolute Gasteiger partial charge is 0.224 e. The van der Waals surface area contributed by atoms with Crippen LogP contribution in [-0.2, 0) is 11.2 Å². The highest BCUT2D eigenvalue weighted by molar-refractivity contribution is 5.90. The maximum Gasteiger partial charge on any atom is 0.224 e. The molecule has 2 rings (SSSR count). The molecule has 0 fully saturated rings. The van der Waals surface area contributed by atoms with Crippen LogP contribution in [0.15, 0.2) is 36.7 Å². The van der Waals surface area contributed by atoms with E-state index in [9.17, 15) is 4.79 Å². The largest absolute Gasteiger partial charge is 0.323 e. The fourth-order valence-corrected chi connectivity index (χ4v) is 1.87. The summed E-state index contributed by atoms with van der Waals surface area (Å²) < 4.78 is 0. The van der Waals surface area contributed by atoms with Crippen LogP contribution in [0.4, 0.5) is 5.69 Å². The van der Waals surface area contributed by atoms with Gasteiger partial charge in [-0.15, -0.1) is 0 Å². The molecule has 0 unspecified atom stereocenters. The maximum absolute atomic E-state index is 11.7. The van der Waals surface area contributed by atoms with Gasteiger partial charge in [-0.2, -0.15) is 5.10 Å². The third-order valence-electron chi connectivity index (χ3n) is 3.07. The Morgan fingerprint density at radius 2 is 2.05 bits per heavy atom. The summed E-state index contributed by atoms with van der Waals surface area (Å²) in [4.78, 5) is 11.7. The van der Waals surface area contributed by atoms with Crippen molar-refractivity contribution in [3.8, 4) is 0 Å². The lowest BCUT2D eigenvalue weighted by atomic mass is 10.0. The quantitative estimate of drug-likeness (QED) is 0.864. The van der Waals surface area contributed by atoms with Crippen molar-refractivity contribution in [1.29, 1.82) is 0 Å². The van der Waals surface area contributed by atoms with E-state index in [1.54, 1.807) is 12.4 Å². The molecule has 0 aliphatic rings. The summed E-state index contributed by atoms with van der Waals surface area (Å²) in [7, 11) is 0. The number of nitrogens with one attached hydrogen (secondary N) is 2. The predicted octanol–water partition coefficient (Wildman–Crippen LogP) is 3.10. The third kappa shape index (κ3) is 3.95. The van der Waals surface area contributed by atoms with Crippen LogP contribution in [0.2, 0.25) is 0 Å². The van der Waals surface area contributed by atoms with Gasteiger partial charge in [-0.05, 0) is 23.5 Å². The number of anilines is 1. The van der Waals surface area contributed by atoms with Crippen LogP contribution in [0.3, 0.4) is 0 Å². The number of hydrogen-bond acceptors (Lipinski definition) is 2. The summed E-state index contributed by atoms with van der Waals surface area (Å²) >= 11 is 0. The predicted molar refractivity (Wildman–Crippen MR) is 76.1 cm³/mol. The Balaban J connectivity index is 1.83. The Bertz CT molecular complexity index is 515. The first kappa shape index (κ1) is 13.3. The first-order valence-corrected chi connectivity index (χ1v) is 6.52. The summed E-state index contributed by atoms with van der Waals surface area (Å²) in [5.41, 5.74) is 3.22. The lowest BCUT2D eigenvalue weighted by molar-refractivity contribution is -0.116. The molecule has 4 nitrogen and oxygen atoms in total. The van der Waals surface area contributed by atoms with Gasteiger partial charge in [0, 0.05) is 12.6 Å². The molecule has 0 radical (unpaired) electrons. The van der Waals surface area contributed by atoms with Gasteiger partial charge in [0.1, 0.15) is 0 Å². The van der Waals surface area contributed by atoms with Crippen LogP contribution in [0.1, 0.15) is 37.3 Å². The number of benzene rings is 1. The number of aromatic nitrogens is 2. The first-order valence-electron chi connectivity index (χ1n) is 6.52. The standard InChI is InChI=1S/C15H19N3O/c1-11(2)13-6-3-12(4-7-13)5-8-15(19)18-14-9-16-17-10-14/h3-4,6-7,9-11H,5,8H2,1-2H3,(H,16,17)(H,18,19). The number of aryl methyl sites for hydroxylation is 1. The van der Waals surface area contributed by atoms with Gasteiger partial charge in [0.05, 0.1) is 11.9 Å². The van der Waals surface area contributed by atoms with Gasteiger partial charge in [0.25, 0.3) is 0 Å². The highest BCUT2D eigenvalue weighted by Crippen LogP contribution is 2.15. The van der Waals surface area contributed by atoms with Crippen LogP contribution in [0.25, 0.3) is 0 Å². The van der Waals surface area contributed by atoms with Crippen molar-refractivity contribution in [2.24, 2.45) is 0 Å². The van der Waals surface area contributed by atoms with Crippen molar-refractivity contribution in [2.75, 3.05) is 5.32 Å². The van der Waals surface area contributed by atoms with E-state index >= 15 is 0 Å². The van der Waals surface area contributed by atoms with Crippen LogP contribution >= 0.6 is 0 Å². The van der Waals surface area contributed by atoms with Crippen LogP contribution < -0.4 is 5.32 Å². The van der Waals surface area contributed by atoms with Crippen molar-refractivity contribution in [1.82, 2.24) is 10.2 Å². The Kier molecular flexibility index (Phi) is 4.34. The van der Waals surface area contributed by atoms with Crippen LogP contribution in [0, 0.1) is 0 Å². The summed E-state index contributed by atoms with van der Waals surface area (Å²) in [5, 5.41) is 9.23. The molecule has 0 bridgehead atoms. The van der Waals surface area contributed by atoms with Gasteiger partial charge in [-0.1, -0.05) is 38.1 Å². The molecule has 0 aliphatic heterocycles. The van der Waals surface area contributed by atoms with Gasteiger partial charge < -0.3 is 5.32 Å². The Hall–Kier alpha value is -2.10. The molecule has 0 aliphatic carbocycles. The molecular formula is C15H19N3O. The Morgan fingerprint density at radius 3 is 2.63 bits per heavy atom. The van der Waals surface area contributed by atoms with Gasteiger partial charge in [0.15, 0.2) is 0 Å². The average Bonchev–Trinajstić information content (AvgIpc) is 2.89. The molecule has 0 atom stereocenters. The molecule has 0 spiro atoms. The molecule has 0 saturated heterocycles. The summed E-state index contributed by atoms with van der Waals surface area (Å²) in [6, 6.07) is 8.46. The molecule has 100 valence electrons. The van der Waals surface area contributed by atoms with Crippen molar-refractivity contribution < 1.29 is 4.79 Å². The molecule has 1 amide bonds. The number of aromatic amines is 1. The molecule has 1 aromatic heterocycles. The van der Waals surface area contributed by atoms with Gasteiger partial charge in [0.2, 0.25) is 5.91 Å². The van der Waals surface area contributed by atoms with Gasteiger partial charge in [-0.3, -0.25) is 9.89 Å². The van der Waals surface area contributed by atoms with Crippen molar-refractivity contribution in [3.63, 3.8) is 0 Å². The fraction of sp³-hybridized carbons (Fsp3) is 0.333. The van der Waals surface area contributed by atoms with Gasteiger partial charge in [-0.25, -0.2) is 0 Å². The minimum absolute atomic E-state index is 0.00864. The Labute approximate surface area is 113 Å². The second-order valence-electron chi connectivity index (χ2n) is 4.93. The number of carbonyl (C=O) groups excluding carboxylic acids is 1. The molecule has 19 heavy (non-hydrogen) atoms. The van der Waals surface area contributed by atoms with Crippen LogP contribution in [0.5, 0.6) is 0 Å². The topological polar surface area (TPSA) is 57.8 Å². The fourth-order valence-electron chi connectivity index (χ4n) is 1.87. The monoisotopic (exact) mass is 257 g/mol. The number of nitrogens with zero attached hydrogens (tertiary/aromatic N) is 1. The number of rotatable bonds is 5.